The van der Waals surface area contributed by atoms with Crippen molar-refractivity contribution < 1.29 is 19.4 Å². The van der Waals surface area contributed by atoms with Gasteiger partial charge in [-0.3, -0.25) is 14.3 Å². The number of nitrogen functional groups attached to an aromatic ring is 1. The van der Waals surface area contributed by atoms with Crippen LogP contribution in [0.1, 0.15) is 12.6 Å². The summed E-state index contributed by atoms with van der Waals surface area (Å²) in [6, 6.07) is 3.37. The predicted molar refractivity (Wildman–Crippen MR) is 81.9 cm³/mol. The van der Waals surface area contributed by atoms with Crippen molar-refractivity contribution in [1.82, 2.24) is 19.5 Å². The normalized spacial score (nSPS) is 24.0. The molecule has 0 amide bonds. The Kier molecular flexibility index (Phi) is 3.37. The van der Waals surface area contributed by atoms with E-state index in [2.05, 4.69) is 15.0 Å². The number of hydrogen-bond donors (Lipinski definition) is 4. The molecule has 3 atom stereocenters. The number of anilines is 1. The van der Waals surface area contributed by atoms with E-state index in [-0.39, 0.29) is 30.1 Å². The fraction of sp³-hybridized carbons (Fsp3) is 0.357. The van der Waals surface area contributed by atoms with Crippen molar-refractivity contribution in [2.45, 2.75) is 24.9 Å². The molecule has 0 spiro atoms. The van der Waals surface area contributed by atoms with Crippen LogP contribution in [0.4, 0.5) is 5.95 Å². The van der Waals surface area contributed by atoms with Gasteiger partial charge in [-0.2, -0.15) is 4.98 Å². The molecule has 0 aliphatic carbocycles. The molecule has 1 fully saturated rings. The van der Waals surface area contributed by atoms with Crippen LogP contribution in [0.15, 0.2) is 27.6 Å². The molecule has 1 aliphatic heterocycles. The molecule has 4 rings (SSSR count). The SMILES string of the molecule is Nc1nc2c(nc(-c3ccco3)n2[C@H]2C[C@H](O)[C@@H](CO)O2)c(=O)[nH]1. The smallest absolute Gasteiger partial charge is 0.280 e. The lowest BCUT2D eigenvalue weighted by Crippen LogP contribution is -2.24. The van der Waals surface area contributed by atoms with Crippen LogP contribution in [0.2, 0.25) is 0 Å². The van der Waals surface area contributed by atoms with Crippen molar-refractivity contribution in [1.29, 1.82) is 0 Å². The Morgan fingerprint density at radius 1 is 1.46 bits per heavy atom. The molecule has 4 heterocycles. The molecule has 126 valence electrons. The van der Waals surface area contributed by atoms with Gasteiger partial charge in [-0.05, 0) is 12.1 Å². The van der Waals surface area contributed by atoms with E-state index in [1.165, 1.54) is 6.26 Å². The van der Waals surface area contributed by atoms with Gasteiger partial charge in [-0.1, -0.05) is 0 Å². The average Bonchev–Trinajstić information content (AvgIpc) is 3.24. The second-order valence-electron chi connectivity index (χ2n) is 5.52. The molecule has 0 bridgehead atoms. The number of hydrogen-bond acceptors (Lipinski definition) is 8. The summed E-state index contributed by atoms with van der Waals surface area (Å²) in [6.07, 6.45) is -0.557. The highest BCUT2D eigenvalue weighted by Crippen LogP contribution is 2.35. The van der Waals surface area contributed by atoms with E-state index in [1.807, 2.05) is 0 Å². The number of rotatable bonds is 3. The second kappa shape index (κ2) is 5.44. The van der Waals surface area contributed by atoms with Crippen LogP contribution < -0.4 is 11.3 Å². The highest BCUT2D eigenvalue weighted by atomic mass is 16.5. The number of ether oxygens (including phenoxy) is 1. The fourth-order valence-corrected chi connectivity index (χ4v) is 2.89. The summed E-state index contributed by atoms with van der Waals surface area (Å²) in [5.41, 5.74) is 5.46. The molecule has 0 aromatic carbocycles. The molecule has 5 N–H and O–H groups in total. The van der Waals surface area contributed by atoms with Gasteiger partial charge in [0.2, 0.25) is 5.95 Å². The Morgan fingerprint density at radius 2 is 2.29 bits per heavy atom. The Bertz CT molecular complexity index is 931. The molecule has 3 aromatic heterocycles. The minimum atomic E-state index is -0.846. The zero-order valence-corrected chi connectivity index (χ0v) is 12.4. The number of aliphatic hydroxyl groups excluding tert-OH is 2. The number of nitrogens with zero attached hydrogens (tertiary/aromatic N) is 3. The van der Waals surface area contributed by atoms with Crippen LogP contribution in [0.3, 0.4) is 0 Å². The molecular formula is C14H15N5O5. The highest BCUT2D eigenvalue weighted by molar-refractivity contribution is 5.76. The van der Waals surface area contributed by atoms with Crippen molar-refractivity contribution in [3.8, 4) is 11.6 Å². The molecule has 0 radical (unpaired) electrons. The standard InChI is InChI=1S/C14H15N5O5/c15-14-17-12-10(13(22)18-14)16-11(7-2-1-3-23-7)19(12)9-4-6(21)8(5-20)24-9/h1-3,6,8-9,20-21H,4-5H2,(H3,15,17,18,22)/t6-,8+,9+/m0/s1. The van der Waals surface area contributed by atoms with Gasteiger partial charge < -0.3 is 25.1 Å². The lowest BCUT2D eigenvalue weighted by atomic mass is 10.2. The van der Waals surface area contributed by atoms with Crippen LogP contribution in [0.5, 0.6) is 0 Å². The summed E-state index contributed by atoms with van der Waals surface area (Å²) in [4.78, 5) is 23.0. The minimum Gasteiger partial charge on any atom is -0.461 e. The van der Waals surface area contributed by atoms with E-state index in [0.29, 0.717) is 11.6 Å². The first-order chi connectivity index (χ1) is 11.6. The van der Waals surface area contributed by atoms with Crippen molar-refractivity contribution in [3.63, 3.8) is 0 Å². The van der Waals surface area contributed by atoms with Crippen LogP contribution >= 0.6 is 0 Å². The number of aromatic nitrogens is 4. The lowest BCUT2D eigenvalue weighted by Gasteiger charge is -2.15. The molecule has 3 aromatic rings. The van der Waals surface area contributed by atoms with Crippen LogP contribution in [0.25, 0.3) is 22.7 Å². The number of aliphatic hydroxyl groups is 2. The largest absolute Gasteiger partial charge is 0.461 e. The van der Waals surface area contributed by atoms with Crippen LogP contribution in [0, 0.1) is 0 Å². The molecule has 10 nitrogen and oxygen atoms in total. The van der Waals surface area contributed by atoms with Gasteiger partial charge in [0, 0.05) is 6.42 Å². The number of H-pyrrole nitrogens is 1. The zero-order valence-electron chi connectivity index (χ0n) is 12.4. The molecular weight excluding hydrogens is 318 g/mol. The summed E-state index contributed by atoms with van der Waals surface area (Å²) < 4.78 is 12.6. The number of imidazole rings is 1. The lowest BCUT2D eigenvalue weighted by molar-refractivity contribution is -0.0427. The molecule has 1 saturated heterocycles. The van der Waals surface area contributed by atoms with Gasteiger partial charge >= 0.3 is 0 Å². The van der Waals surface area contributed by atoms with Crippen molar-refractivity contribution in [2.75, 3.05) is 12.3 Å². The monoisotopic (exact) mass is 333 g/mol. The van der Waals surface area contributed by atoms with E-state index >= 15 is 0 Å². The Balaban J connectivity index is 1.95. The summed E-state index contributed by atoms with van der Waals surface area (Å²) in [5, 5.41) is 19.3. The maximum absolute atomic E-state index is 12.1. The molecule has 0 saturated carbocycles. The second-order valence-corrected chi connectivity index (χ2v) is 5.52. The molecule has 1 aliphatic rings. The van der Waals surface area contributed by atoms with Gasteiger partial charge in [-0.15, -0.1) is 0 Å². The number of fused-ring (bicyclic) bond motifs is 1. The summed E-state index contributed by atoms with van der Waals surface area (Å²) >= 11 is 0. The number of aromatic amines is 1. The summed E-state index contributed by atoms with van der Waals surface area (Å²) in [5.74, 6) is 0.683. The maximum Gasteiger partial charge on any atom is 0.280 e. The zero-order chi connectivity index (χ0) is 16.8. The molecule has 10 heteroatoms. The first-order valence-corrected chi connectivity index (χ1v) is 7.34. The van der Waals surface area contributed by atoms with Crippen molar-refractivity contribution in [2.24, 2.45) is 0 Å². The summed E-state index contributed by atoms with van der Waals surface area (Å²) in [7, 11) is 0. The van der Waals surface area contributed by atoms with E-state index in [1.54, 1.807) is 16.7 Å². The number of nitrogens with two attached hydrogens (primary N) is 1. The third-order valence-electron chi connectivity index (χ3n) is 3.98. The van der Waals surface area contributed by atoms with Gasteiger partial charge in [0.15, 0.2) is 22.7 Å². The third-order valence-corrected chi connectivity index (χ3v) is 3.98. The van der Waals surface area contributed by atoms with Crippen LogP contribution in [-0.2, 0) is 4.74 Å². The van der Waals surface area contributed by atoms with Crippen LogP contribution in [-0.4, -0.2) is 48.5 Å². The number of nitrogens with one attached hydrogen (secondary N) is 1. The predicted octanol–water partition coefficient (Wildman–Crippen LogP) is -0.398. The van der Waals surface area contributed by atoms with Gasteiger partial charge in [0.05, 0.1) is 19.0 Å². The van der Waals surface area contributed by atoms with E-state index in [9.17, 15) is 15.0 Å². The molecule has 24 heavy (non-hydrogen) atoms. The topological polar surface area (TPSA) is 152 Å². The minimum absolute atomic E-state index is 0.0584. The van der Waals surface area contributed by atoms with E-state index in [4.69, 9.17) is 14.9 Å². The average molecular weight is 333 g/mol. The molecule has 0 unspecified atom stereocenters. The van der Waals surface area contributed by atoms with Gasteiger partial charge in [0.25, 0.3) is 5.56 Å². The Morgan fingerprint density at radius 3 is 2.96 bits per heavy atom. The third kappa shape index (κ3) is 2.19. The van der Waals surface area contributed by atoms with Gasteiger partial charge in [0.1, 0.15) is 12.3 Å². The maximum atomic E-state index is 12.1. The first kappa shape index (κ1) is 14.9. The van der Waals surface area contributed by atoms with E-state index < -0.39 is 24.0 Å². The highest BCUT2D eigenvalue weighted by Gasteiger charge is 2.37. The fourth-order valence-electron chi connectivity index (χ4n) is 2.89. The summed E-state index contributed by atoms with van der Waals surface area (Å²) in [6.45, 7) is -0.323. The quantitative estimate of drug-likeness (QED) is 0.505. The number of furan rings is 1. The van der Waals surface area contributed by atoms with Crippen molar-refractivity contribution in [3.05, 3.63) is 28.7 Å². The Hall–Kier alpha value is -2.69. The van der Waals surface area contributed by atoms with Crippen molar-refractivity contribution >= 4 is 17.1 Å². The first-order valence-electron chi connectivity index (χ1n) is 7.34. The Labute approximate surface area is 134 Å². The van der Waals surface area contributed by atoms with Gasteiger partial charge in [-0.25, -0.2) is 4.98 Å². The van der Waals surface area contributed by atoms with E-state index in [0.717, 1.165) is 0 Å².